The summed E-state index contributed by atoms with van der Waals surface area (Å²) in [5.41, 5.74) is 3.96. The molecule has 0 spiro atoms. The maximum absolute atomic E-state index is 11.7. The summed E-state index contributed by atoms with van der Waals surface area (Å²) in [4.78, 5) is 11.7. The largest absolute Gasteiger partial charge is 0.483 e. The van der Waals surface area contributed by atoms with E-state index in [1.54, 1.807) is 30.3 Å². The van der Waals surface area contributed by atoms with Crippen molar-refractivity contribution < 1.29 is 9.53 Å². The van der Waals surface area contributed by atoms with E-state index in [2.05, 4.69) is 10.5 Å². The number of aryl methyl sites for hydroxylation is 1. The van der Waals surface area contributed by atoms with Crippen molar-refractivity contribution in [2.75, 3.05) is 6.61 Å². The van der Waals surface area contributed by atoms with Gasteiger partial charge in [-0.3, -0.25) is 4.79 Å². The van der Waals surface area contributed by atoms with Gasteiger partial charge in [0, 0.05) is 15.6 Å². The van der Waals surface area contributed by atoms with Crippen molar-refractivity contribution >= 4 is 35.3 Å². The molecule has 2 aromatic carbocycles. The van der Waals surface area contributed by atoms with Gasteiger partial charge in [-0.2, -0.15) is 5.10 Å². The molecule has 2 rings (SSSR count). The summed E-state index contributed by atoms with van der Waals surface area (Å²) < 4.78 is 5.41. The summed E-state index contributed by atoms with van der Waals surface area (Å²) in [6.45, 7) is 1.72. The number of hydrazone groups is 1. The van der Waals surface area contributed by atoms with E-state index >= 15 is 0 Å². The monoisotopic (exact) mass is 336 g/mol. The Bertz CT molecular complexity index is 702. The summed E-state index contributed by atoms with van der Waals surface area (Å²) in [5, 5.41) is 5.03. The molecule has 0 aliphatic heterocycles. The van der Waals surface area contributed by atoms with Gasteiger partial charge in [0.2, 0.25) is 0 Å². The van der Waals surface area contributed by atoms with Crippen LogP contribution in [-0.2, 0) is 4.79 Å². The Morgan fingerprint density at radius 2 is 2.05 bits per heavy atom. The summed E-state index contributed by atoms with van der Waals surface area (Å²) in [7, 11) is 0. The molecule has 0 fully saturated rings. The van der Waals surface area contributed by atoms with E-state index in [1.807, 2.05) is 19.1 Å². The third-order valence-electron chi connectivity index (χ3n) is 2.79. The molecule has 0 aromatic heterocycles. The molecule has 1 amide bonds. The van der Waals surface area contributed by atoms with E-state index < -0.39 is 0 Å². The van der Waals surface area contributed by atoms with Crippen LogP contribution in [0.4, 0.5) is 0 Å². The molecule has 0 unspecified atom stereocenters. The number of hydrogen-bond acceptors (Lipinski definition) is 3. The van der Waals surface area contributed by atoms with Gasteiger partial charge in [-0.05, 0) is 36.8 Å². The van der Waals surface area contributed by atoms with Gasteiger partial charge in [-0.15, -0.1) is 0 Å². The summed E-state index contributed by atoms with van der Waals surface area (Å²) in [5.74, 6) is 0.243. The minimum atomic E-state index is -0.363. The molecule has 4 nitrogen and oxygen atoms in total. The van der Waals surface area contributed by atoms with Crippen molar-refractivity contribution in [1.29, 1.82) is 0 Å². The van der Waals surface area contributed by atoms with Crippen LogP contribution in [0.2, 0.25) is 10.0 Å². The zero-order chi connectivity index (χ0) is 15.9. The number of nitrogens with zero attached hydrogens (tertiary/aromatic N) is 1. The van der Waals surface area contributed by atoms with Crippen molar-refractivity contribution in [3.63, 3.8) is 0 Å². The molecule has 6 heteroatoms. The van der Waals surface area contributed by atoms with Crippen LogP contribution < -0.4 is 10.2 Å². The third kappa shape index (κ3) is 4.76. The second kappa shape index (κ2) is 7.82. The zero-order valence-electron chi connectivity index (χ0n) is 11.8. The molecular formula is C16H14Cl2N2O2. The third-order valence-corrected chi connectivity index (χ3v) is 3.37. The summed E-state index contributed by atoms with van der Waals surface area (Å²) >= 11 is 11.8. The maximum atomic E-state index is 11.7. The lowest BCUT2D eigenvalue weighted by Gasteiger charge is -2.08. The predicted molar refractivity (Wildman–Crippen MR) is 88.9 cm³/mol. The first-order valence-electron chi connectivity index (χ1n) is 6.51. The van der Waals surface area contributed by atoms with E-state index in [0.29, 0.717) is 15.8 Å². The van der Waals surface area contributed by atoms with Gasteiger partial charge in [-0.25, -0.2) is 5.43 Å². The first-order chi connectivity index (χ1) is 10.6. The number of nitrogens with one attached hydrogen (secondary N) is 1. The smallest absolute Gasteiger partial charge is 0.277 e. The van der Waals surface area contributed by atoms with Crippen LogP contribution >= 0.6 is 23.2 Å². The number of carbonyl (C=O) groups excluding carboxylic acids is 1. The predicted octanol–water partition coefficient (Wildman–Crippen LogP) is 3.83. The number of benzene rings is 2. The Morgan fingerprint density at radius 3 is 2.77 bits per heavy atom. The average Bonchev–Trinajstić information content (AvgIpc) is 2.48. The Morgan fingerprint density at radius 1 is 1.27 bits per heavy atom. The molecule has 1 N–H and O–H groups in total. The molecule has 0 saturated heterocycles. The highest BCUT2D eigenvalue weighted by Crippen LogP contribution is 2.21. The zero-order valence-corrected chi connectivity index (χ0v) is 13.4. The number of halogens is 2. The number of ether oxygens (including phenoxy) is 1. The molecule has 0 aliphatic rings. The lowest BCUT2D eigenvalue weighted by Crippen LogP contribution is -2.24. The van der Waals surface area contributed by atoms with Crippen LogP contribution in [0.3, 0.4) is 0 Å². The van der Waals surface area contributed by atoms with Crippen LogP contribution in [0.5, 0.6) is 5.75 Å². The number of rotatable bonds is 5. The normalized spacial score (nSPS) is 10.7. The highest BCUT2D eigenvalue weighted by molar-refractivity contribution is 6.33. The fraction of sp³-hybridized carbons (Fsp3) is 0.125. The van der Waals surface area contributed by atoms with E-state index in [9.17, 15) is 4.79 Å². The van der Waals surface area contributed by atoms with E-state index in [4.69, 9.17) is 27.9 Å². The van der Waals surface area contributed by atoms with Gasteiger partial charge in [0.15, 0.2) is 6.61 Å². The van der Waals surface area contributed by atoms with Crippen molar-refractivity contribution in [2.45, 2.75) is 6.92 Å². The van der Waals surface area contributed by atoms with Crippen LogP contribution in [0, 0.1) is 6.92 Å². The number of amides is 1. The Labute approximate surface area is 138 Å². The first-order valence-corrected chi connectivity index (χ1v) is 7.27. The van der Waals surface area contributed by atoms with Gasteiger partial charge in [0.25, 0.3) is 5.91 Å². The number of hydrogen-bond donors (Lipinski definition) is 1. The molecule has 114 valence electrons. The second-order valence-electron chi connectivity index (χ2n) is 4.51. The molecule has 2 aromatic rings. The lowest BCUT2D eigenvalue weighted by atomic mass is 10.2. The SMILES string of the molecule is Cc1cc(Cl)ccc1OCC(=O)NN=Cc1ccccc1Cl. The molecule has 0 saturated carbocycles. The van der Waals surface area contributed by atoms with Gasteiger partial charge in [0.05, 0.1) is 6.21 Å². The van der Waals surface area contributed by atoms with Gasteiger partial charge >= 0.3 is 0 Å². The summed E-state index contributed by atoms with van der Waals surface area (Å²) in [6.07, 6.45) is 1.48. The minimum absolute atomic E-state index is 0.137. The lowest BCUT2D eigenvalue weighted by molar-refractivity contribution is -0.123. The fourth-order valence-electron chi connectivity index (χ4n) is 1.70. The second-order valence-corrected chi connectivity index (χ2v) is 5.36. The highest BCUT2D eigenvalue weighted by Gasteiger charge is 2.04. The van der Waals surface area contributed by atoms with Crippen LogP contribution in [0.25, 0.3) is 0 Å². The molecule has 0 aliphatic carbocycles. The average molecular weight is 337 g/mol. The topological polar surface area (TPSA) is 50.7 Å². The van der Waals surface area contributed by atoms with Crippen molar-refractivity contribution in [3.05, 3.63) is 63.6 Å². The van der Waals surface area contributed by atoms with Gasteiger partial charge < -0.3 is 4.74 Å². The molecule has 0 bridgehead atoms. The van der Waals surface area contributed by atoms with Crippen LogP contribution in [-0.4, -0.2) is 18.7 Å². The molecule has 0 atom stereocenters. The first kappa shape index (κ1) is 16.3. The maximum Gasteiger partial charge on any atom is 0.277 e. The summed E-state index contributed by atoms with van der Waals surface area (Å²) in [6, 6.07) is 12.4. The van der Waals surface area contributed by atoms with E-state index in [1.165, 1.54) is 6.21 Å². The minimum Gasteiger partial charge on any atom is -0.483 e. The number of carbonyl (C=O) groups is 1. The molecule has 22 heavy (non-hydrogen) atoms. The van der Waals surface area contributed by atoms with Gasteiger partial charge in [-0.1, -0.05) is 41.4 Å². The molecular weight excluding hydrogens is 323 g/mol. The highest BCUT2D eigenvalue weighted by atomic mass is 35.5. The molecule has 0 radical (unpaired) electrons. The Kier molecular flexibility index (Phi) is 5.81. The fourth-order valence-corrected chi connectivity index (χ4v) is 2.12. The van der Waals surface area contributed by atoms with Crippen molar-refractivity contribution in [1.82, 2.24) is 5.43 Å². The molecule has 0 heterocycles. The standard InChI is InChI=1S/C16H14Cl2N2O2/c1-11-8-13(17)6-7-15(11)22-10-16(21)20-19-9-12-4-2-3-5-14(12)18/h2-9H,10H2,1H3,(H,20,21). The van der Waals surface area contributed by atoms with Crippen LogP contribution in [0.1, 0.15) is 11.1 Å². The van der Waals surface area contributed by atoms with Crippen molar-refractivity contribution in [3.8, 4) is 5.75 Å². The van der Waals surface area contributed by atoms with Gasteiger partial charge in [0.1, 0.15) is 5.75 Å². The van der Waals surface area contributed by atoms with E-state index in [0.717, 1.165) is 11.1 Å². The Hall–Kier alpha value is -2.04. The quantitative estimate of drug-likeness (QED) is 0.666. The Balaban J connectivity index is 1.84. The van der Waals surface area contributed by atoms with Crippen LogP contribution in [0.15, 0.2) is 47.6 Å². The van der Waals surface area contributed by atoms with E-state index in [-0.39, 0.29) is 12.5 Å². The van der Waals surface area contributed by atoms with Crippen molar-refractivity contribution in [2.24, 2.45) is 5.10 Å².